The van der Waals surface area contributed by atoms with E-state index < -0.39 is 0 Å². The summed E-state index contributed by atoms with van der Waals surface area (Å²) < 4.78 is 0. The topological polar surface area (TPSA) is 20.3 Å². The number of hydrogen-bond donors (Lipinski definition) is 0. The van der Waals surface area contributed by atoms with Gasteiger partial charge in [0.15, 0.2) is 0 Å². The van der Waals surface area contributed by atoms with E-state index in [-0.39, 0.29) is 11.8 Å². The number of benzene rings is 2. The molecule has 0 radical (unpaired) electrons. The first-order valence-corrected chi connectivity index (χ1v) is 7.33. The molecule has 0 aromatic heterocycles. The van der Waals surface area contributed by atoms with Crippen molar-refractivity contribution >= 4 is 23.2 Å². The van der Waals surface area contributed by atoms with Crippen molar-refractivity contribution in [1.29, 1.82) is 0 Å². The second-order valence-corrected chi connectivity index (χ2v) is 5.45. The Bertz CT molecular complexity index is 611. The van der Waals surface area contributed by atoms with Gasteiger partial charge >= 0.3 is 0 Å². The molecule has 2 aromatic rings. The minimum absolute atomic E-state index is 0.167. The maximum Gasteiger partial charge on any atom is 0.227 e. The summed E-state index contributed by atoms with van der Waals surface area (Å²) in [5.74, 6) is 0.978. The quantitative estimate of drug-likeness (QED) is 0.782. The Kier molecular flexibility index (Phi) is 3.75. The molecule has 20 heavy (non-hydrogen) atoms. The van der Waals surface area contributed by atoms with Crippen molar-refractivity contribution in [3.05, 3.63) is 54.6 Å². The van der Waals surface area contributed by atoms with Crippen LogP contribution in [-0.4, -0.2) is 18.3 Å². The minimum Gasteiger partial charge on any atom is -0.312 e. The van der Waals surface area contributed by atoms with Crippen molar-refractivity contribution in [3.8, 4) is 11.1 Å². The molecule has 1 saturated heterocycles. The fourth-order valence-electron chi connectivity index (χ4n) is 2.62. The molecule has 3 heteroatoms. The van der Waals surface area contributed by atoms with Gasteiger partial charge in [0.2, 0.25) is 5.91 Å². The van der Waals surface area contributed by atoms with Crippen molar-refractivity contribution < 1.29 is 4.79 Å². The molecule has 0 N–H and O–H groups in total. The third-order valence-electron chi connectivity index (χ3n) is 3.69. The van der Waals surface area contributed by atoms with Crippen LogP contribution in [0.2, 0.25) is 0 Å². The first-order chi connectivity index (χ1) is 9.78. The molecule has 2 aromatic carbocycles. The number of anilines is 1. The predicted octanol–water partition coefficient (Wildman–Crippen LogP) is 3.95. The Morgan fingerprint density at radius 3 is 2.50 bits per heavy atom. The van der Waals surface area contributed by atoms with Gasteiger partial charge in [-0.3, -0.25) is 4.79 Å². The number of alkyl halides is 1. The van der Waals surface area contributed by atoms with Gasteiger partial charge in [0.25, 0.3) is 0 Å². The van der Waals surface area contributed by atoms with E-state index in [0.717, 1.165) is 23.4 Å². The summed E-state index contributed by atoms with van der Waals surface area (Å²) in [7, 11) is 0. The van der Waals surface area contributed by atoms with E-state index in [0.29, 0.717) is 12.3 Å². The number of carbonyl (C=O) groups excluding carboxylic acids is 1. The van der Waals surface area contributed by atoms with Crippen molar-refractivity contribution in [1.82, 2.24) is 0 Å². The van der Waals surface area contributed by atoms with Gasteiger partial charge in [-0.2, -0.15) is 0 Å². The Balaban J connectivity index is 1.91. The average Bonchev–Trinajstić information content (AvgIpc) is 2.89. The molecule has 1 aliphatic rings. The SMILES string of the molecule is O=C1CC(CCl)CN1c1cccc(-c2ccccc2)c1. The van der Waals surface area contributed by atoms with Crippen LogP contribution in [-0.2, 0) is 4.79 Å². The van der Waals surface area contributed by atoms with Gasteiger partial charge in [0.05, 0.1) is 0 Å². The summed E-state index contributed by atoms with van der Waals surface area (Å²) >= 11 is 5.87. The van der Waals surface area contributed by atoms with E-state index in [2.05, 4.69) is 24.3 Å². The lowest BCUT2D eigenvalue weighted by Gasteiger charge is -2.17. The molecule has 2 nitrogen and oxygen atoms in total. The second kappa shape index (κ2) is 5.68. The van der Waals surface area contributed by atoms with Gasteiger partial charge in [-0.1, -0.05) is 42.5 Å². The van der Waals surface area contributed by atoms with Crippen LogP contribution in [0.4, 0.5) is 5.69 Å². The molecule has 1 amide bonds. The Labute approximate surface area is 124 Å². The third kappa shape index (κ3) is 2.56. The zero-order chi connectivity index (χ0) is 13.9. The van der Waals surface area contributed by atoms with E-state index in [1.807, 2.05) is 35.2 Å². The Morgan fingerprint density at radius 2 is 1.80 bits per heavy atom. The van der Waals surface area contributed by atoms with Gasteiger partial charge < -0.3 is 4.90 Å². The van der Waals surface area contributed by atoms with Crippen LogP contribution in [0.15, 0.2) is 54.6 Å². The van der Waals surface area contributed by atoms with Crippen LogP contribution >= 0.6 is 11.6 Å². The molecule has 1 atom stereocenters. The normalized spacial score (nSPS) is 18.6. The highest BCUT2D eigenvalue weighted by Crippen LogP contribution is 2.29. The molecule has 1 fully saturated rings. The zero-order valence-corrected chi connectivity index (χ0v) is 11.9. The number of hydrogen-bond acceptors (Lipinski definition) is 1. The summed E-state index contributed by atoms with van der Waals surface area (Å²) in [5.41, 5.74) is 3.25. The van der Waals surface area contributed by atoms with Gasteiger partial charge in [-0.15, -0.1) is 11.6 Å². The molecular weight excluding hydrogens is 270 g/mol. The molecule has 102 valence electrons. The highest BCUT2D eigenvalue weighted by atomic mass is 35.5. The van der Waals surface area contributed by atoms with Crippen molar-refractivity contribution in [2.45, 2.75) is 6.42 Å². The highest BCUT2D eigenvalue weighted by molar-refractivity contribution is 6.18. The summed E-state index contributed by atoms with van der Waals surface area (Å²) in [6.07, 6.45) is 0.555. The summed E-state index contributed by atoms with van der Waals surface area (Å²) in [6, 6.07) is 18.3. The third-order valence-corrected chi connectivity index (χ3v) is 4.12. The van der Waals surface area contributed by atoms with Crippen LogP contribution in [0.5, 0.6) is 0 Å². The average molecular weight is 286 g/mol. The van der Waals surface area contributed by atoms with Gasteiger partial charge in [-0.25, -0.2) is 0 Å². The summed E-state index contributed by atoms with van der Waals surface area (Å²) in [5, 5.41) is 0. The molecule has 0 saturated carbocycles. The van der Waals surface area contributed by atoms with Crippen LogP contribution < -0.4 is 4.90 Å². The lowest BCUT2D eigenvalue weighted by atomic mass is 10.1. The van der Waals surface area contributed by atoms with Crippen molar-refractivity contribution in [3.63, 3.8) is 0 Å². The number of amides is 1. The predicted molar refractivity (Wildman–Crippen MR) is 83.1 cm³/mol. The highest BCUT2D eigenvalue weighted by Gasteiger charge is 2.29. The molecule has 0 spiro atoms. The van der Waals surface area contributed by atoms with Crippen LogP contribution in [0, 0.1) is 5.92 Å². The Morgan fingerprint density at radius 1 is 1.05 bits per heavy atom. The minimum atomic E-state index is 0.167. The lowest BCUT2D eigenvalue weighted by Crippen LogP contribution is -2.24. The van der Waals surface area contributed by atoms with Crippen LogP contribution in [0.3, 0.4) is 0 Å². The fraction of sp³-hybridized carbons (Fsp3) is 0.235. The van der Waals surface area contributed by atoms with Crippen molar-refractivity contribution in [2.24, 2.45) is 5.92 Å². The van der Waals surface area contributed by atoms with Crippen LogP contribution in [0.25, 0.3) is 11.1 Å². The van der Waals surface area contributed by atoms with Gasteiger partial charge in [0, 0.05) is 24.5 Å². The lowest BCUT2D eigenvalue weighted by molar-refractivity contribution is -0.117. The second-order valence-electron chi connectivity index (χ2n) is 5.15. The van der Waals surface area contributed by atoms with E-state index >= 15 is 0 Å². The molecule has 1 unspecified atom stereocenters. The van der Waals surface area contributed by atoms with Gasteiger partial charge in [-0.05, 0) is 29.2 Å². The molecule has 0 aliphatic carbocycles. The largest absolute Gasteiger partial charge is 0.312 e. The zero-order valence-electron chi connectivity index (χ0n) is 11.1. The maximum atomic E-state index is 12.1. The maximum absolute atomic E-state index is 12.1. The van der Waals surface area contributed by atoms with E-state index in [9.17, 15) is 4.79 Å². The standard InChI is InChI=1S/C17H16ClNO/c18-11-13-9-17(20)19(12-13)16-8-4-7-15(10-16)14-5-2-1-3-6-14/h1-8,10,13H,9,11-12H2. The number of halogens is 1. The number of carbonyl (C=O) groups is 1. The van der Waals surface area contributed by atoms with E-state index in [1.165, 1.54) is 0 Å². The van der Waals surface area contributed by atoms with E-state index in [1.54, 1.807) is 0 Å². The summed E-state index contributed by atoms with van der Waals surface area (Å²) in [6.45, 7) is 0.723. The smallest absolute Gasteiger partial charge is 0.227 e. The molecule has 1 aliphatic heterocycles. The molecular formula is C17H16ClNO. The first kappa shape index (κ1) is 13.2. The van der Waals surface area contributed by atoms with Crippen LogP contribution in [0.1, 0.15) is 6.42 Å². The van der Waals surface area contributed by atoms with Gasteiger partial charge in [0.1, 0.15) is 0 Å². The van der Waals surface area contributed by atoms with Crippen molar-refractivity contribution in [2.75, 3.05) is 17.3 Å². The van der Waals surface area contributed by atoms with E-state index in [4.69, 9.17) is 11.6 Å². The first-order valence-electron chi connectivity index (χ1n) is 6.80. The molecule has 1 heterocycles. The number of rotatable bonds is 3. The molecule has 3 rings (SSSR count). The monoisotopic (exact) mass is 285 g/mol. The fourth-order valence-corrected chi connectivity index (χ4v) is 2.83. The Hall–Kier alpha value is -1.80. The number of nitrogens with zero attached hydrogens (tertiary/aromatic N) is 1. The summed E-state index contributed by atoms with van der Waals surface area (Å²) in [4.78, 5) is 13.9. The molecule has 0 bridgehead atoms.